The fourth-order valence-electron chi connectivity index (χ4n) is 2.61. The van der Waals surface area contributed by atoms with Crippen molar-refractivity contribution in [1.82, 2.24) is 20.2 Å². The Morgan fingerprint density at radius 1 is 0.920 bits per heavy atom. The highest BCUT2D eigenvalue weighted by Gasteiger charge is 2.10. The van der Waals surface area contributed by atoms with Gasteiger partial charge in [-0.2, -0.15) is 0 Å². The monoisotopic (exact) mass is 348 g/mol. The highest BCUT2D eigenvalue weighted by molar-refractivity contribution is 7.98. The highest BCUT2D eigenvalue weighted by atomic mass is 32.2. The van der Waals surface area contributed by atoms with Crippen molar-refractivity contribution >= 4 is 22.7 Å². The van der Waals surface area contributed by atoms with Crippen LogP contribution in [0.4, 0.5) is 0 Å². The molecule has 5 nitrogen and oxygen atoms in total. The molecule has 0 spiro atoms. The van der Waals surface area contributed by atoms with Gasteiger partial charge in [0.2, 0.25) is 11.8 Å². The van der Waals surface area contributed by atoms with Crippen LogP contribution in [0.2, 0.25) is 0 Å². The molecule has 0 saturated heterocycles. The van der Waals surface area contributed by atoms with Crippen LogP contribution in [0.25, 0.3) is 10.9 Å². The van der Waals surface area contributed by atoms with Gasteiger partial charge in [-0.05, 0) is 24.1 Å². The summed E-state index contributed by atoms with van der Waals surface area (Å²) in [5, 5.41) is 10.3. The number of para-hydroxylation sites is 1. The minimum atomic E-state index is 0.585. The summed E-state index contributed by atoms with van der Waals surface area (Å²) >= 11 is 1.58. The van der Waals surface area contributed by atoms with E-state index in [0.29, 0.717) is 24.0 Å². The van der Waals surface area contributed by atoms with E-state index in [-0.39, 0.29) is 0 Å². The van der Waals surface area contributed by atoms with Crippen molar-refractivity contribution in [3.05, 3.63) is 77.8 Å². The fraction of sp³-hybridized carbons (Fsp3) is 0.158. The molecule has 124 valence electrons. The van der Waals surface area contributed by atoms with E-state index >= 15 is 0 Å². The van der Waals surface area contributed by atoms with Crippen LogP contribution in [-0.4, -0.2) is 20.2 Å². The third-order valence-corrected chi connectivity index (χ3v) is 4.94. The molecular weight excluding hydrogens is 332 g/mol. The van der Waals surface area contributed by atoms with E-state index in [9.17, 15) is 0 Å². The first kappa shape index (κ1) is 15.8. The van der Waals surface area contributed by atoms with Gasteiger partial charge in [0.1, 0.15) is 11.4 Å². The van der Waals surface area contributed by atoms with Gasteiger partial charge in [-0.3, -0.25) is 0 Å². The minimum Gasteiger partial charge on any atom is -0.424 e. The van der Waals surface area contributed by atoms with Gasteiger partial charge >= 0.3 is 0 Å². The number of hydrogen-bond acceptors (Lipinski definition) is 6. The minimum absolute atomic E-state index is 0.585. The van der Waals surface area contributed by atoms with Gasteiger partial charge in [0.15, 0.2) is 0 Å². The summed E-state index contributed by atoms with van der Waals surface area (Å²) in [6.07, 6.45) is 2.24. The predicted octanol–water partition coefficient (Wildman–Crippen LogP) is 4.20. The third kappa shape index (κ3) is 3.53. The standard InChI is InChI=1S/C19H16N4OS/c1-13-6-2-3-7-14(13)10-17-22-23-18(24-17)11-25-19-15-8-4-5-9-16(15)20-12-21-19/h2-9,12H,10-11H2,1H3. The quantitative estimate of drug-likeness (QED) is 0.398. The third-order valence-electron chi connectivity index (χ3n) is 3.95. The summed E-state index contributed by atoms with van der Waals surface area (Å²) in [5.74, 6) is 1.83. The van der Waals surface area contributed by atoms with Gasteiger partial charge in [-0.1, -0.05) is 54.2 Å². The molecule has 2 aromatic heterocycles. The molecule has 0 fully saturated rings. The van der Waals surface area contributed by atoms with Crippen LogP contribution in [0.1, 0.15) is 22.9 Å². The first-order valence-electron chi connectivity index (χ1n) is 7.98. The Balaban J connectivity index is 1.47. The SMILES string of the molecule is Cc1ccccc1Cc1nnc(CSc2ncnc3ccccc23)o1. The number of nitrogens with zero attached hydrogens (tertiary/aromatic N) is 4. The Bertz CT molecular complexity index is 1010. The van der Waals surface area contributed by atoms with E-state index in [1.807, 2.05) is 36.4 Å². The van der Waals surface area contributed by atoms with Crippen molar-refractivity contribution in [2.75, 3.05) is 0 Å². The number of benzene rings is 2. The van der Waals surface area contributed by atoms with Gasteiger partial charge in [0, 0.05) is 5.39 Å². The normalized spacial score (nSPS) is 11.1. The maximum Gasteiger partial charge on any atom is 0.226 e. The number of hydrogen-bond donors (Lipinski definition) is 0. The molecule has 4 aromatic rings. The Kier molecular flexibility index (Phi) is 4.43. The molecule has 6 heteroatoms. The zero-order chi connectivity index (χ0) is 17.1. The Morgan fingerprint density at radius 3 is 2.64 bits per heavy atom. The molecule has 0 saturated carbocycles. The molecule has 0 aliphatic carbocycles. The lowest BCUT2D eigenvalue weighted by molar-refractivity contribution is 0.473. The largest absolute Gasteiger partial charge is 0.424 e. The highest BCUT2D eigenvalue weighted by Crippen LogP contribution is 2.27. The second-order valence-corrected chi connectivity index (χ2v) is 6.64. The molecule has 2 aromatic carbocycles. The number of aromatic nitrogens is 4. The second kappa shape index (κ2) is 7.03. The van der Waals surface area contributed by atoms with E-state index in [1.165, 1.54) is 11.1 Å². The zero-order valence-electron chi connectivity index (χ0n) is 13.7. The molecular formula is C19H16N4OS. The van der Waals surface area contributed by atoms with E-state index in [1.54, 1.807) is 18.1 Å². The van der Waals surface area contributed by atoms with Crippen molar-refractivity contribution in [1.29, 1.82) is 0 Å². The summed E-state index contributed by atoms with van der Waals surface area (Å²) < 4.78 is 5.79. The molecule has 0 atom stereocenters. The lowest BCUT2D eigenvalue weighted by Gasteiger charge is -2.02. The van der Waals surface area contributed by atoms with Crippen LogP contribution in [0.5, 0.6) is 0 Å². The van der Waals surface area contributed by atoms with Gasteiger partial charge in [0.25, 0.3) is 0 Å². The van der Waals surface area contributed by atoms with Crippen molar-refractivity contribution in [3.8, 4) is 0 Å². The van der Waals surface area contributed by atoms with E-state index in [4.69, 9.17) is 4.42 Å². The molecule has 0 N–H and O–H groups in total. The fourth-order valence-corrected chi connectivity index (χ4v) is 3.44. The molecule has 25 heavy (non-hydrogen) atoms. The van der Waals surface area contributed by atoms with Crippen molar-refractivity contribution < 1.29 is 4.42 Å². The second-order valence-electron chi connectivity index (χ2n) is 5.68. The number of aryl methyl sites for hydroxylation is 1. The smallest absolute Gasteiger partial charge is 0.226 e. The van der Waals surface area contributed by atoms with Crippen molar-refractivity contribution in [2.24, 2.45) is 0 Å². The van der Waals surface area contributed by atoms with Crippen LogP contribution in [-0.2, 0) is 12.2 Å². The maximum absolute atomic E-state index is 5.79. The van der Waals surface area contributed by atoms with Gasteiger partial charge in [-0.25, -0.2) is 9.97 Å². The van der Waals surface area contributed by atoms with Crippen LogP contribution in [0.15, 0.2) is 64.3 Å². The lowest BCUT2D eigenvalue weighted by Crippen LogP contribution is -1.91. The van der Waals surface area contributed by atoms with Crippen LogP contribution in [0, 0.1) is 6.92 Å². The molecule has 2 heterocycles. The van der Waals surface area contributed by atoms with Crippen molar-refractivity contribution in [2.45, 2.75) is 24.1 Å². The van der Waals surface area contributed by atoms with E-state index < -0.39 is 0 Å². The number of fused-ring (bicyclic) bond motifs is 1. The van der Waals surface area contributed by atoms with Crippen LogP contribution in [0.3, 0.4) is 0 Å². The first-order valence-corrected chi connectivity index (χ1v) is 8.96. The first-order chi connectivity index (χ1) is 12.3. The average molecular weight is 348 g/mol. The number of rotatable bonds is 5. The summed E-state index contributed by atoms with van der Waals surface area (Å²) in [6.45, 7) is 2.09. The molecule has 0 aliphatic heterocycles. The topological polar surface area (TPSA) is 64.7 Å². The molecule has 4 rings (SSSR count). The molecule has 0 aliphatic rings. The van der Waals surface area contributed by atoms with Crippen LogP contribution >= 0.6 is 11.8 Å². The van der Waals surface area contributed by atoms with E-state index in [0.717, 1.165) is 15.9 Å². The molecule has 0 radical (unpaired) electrons. The number of thioether (sulfide) groups is 1. The molecule has 0 bridgehead atoms. The Hall–Kier alpha value is -2.73. The summed E-state index contributed by atoms with van der Waals surface area (Å²) in [7, 11) is 0. The summed E-state index contributed by atoms with van der Waals surface area (Å²) in [5.41, 5.74) is 3.36. The molecule has 0 amide bonds. The van der Waals surface area contributed by atoms with Gasteiger partial charge in [0.05, 0.1) is 17.7 Å². The Morgan fingerprint density at radius 2 is 1.72 bits per heavy atom. The predicted molar refractivity (Wildman–Crippen MR) is 97.4 cm³/mol. The maximum atomic E-state index is 5.79. The van der Waals surface area contributed by atoms with Gasteiger partial charge < -0.3 is 4.42 Å². The zero-order valence-corrected chi connectivity index (χ0v) is 14.5. The lowest BCUT2D eigenvalue weighted by atomic mass is 10.1. The van der Waals surface area contributed by atoms with Gasteiger partial charge in [-0.15, -0.1) is 10.2 Å². The van der Waals surface area contributed by atoms with Crippen molar-refractivity contribution in [3.63, 3.8) is 0 Å². The summed E-state index contributed by atoms with van der Waals surface area (Å²) in [6, 6.07) is 16.2. The summed E-state index contributed by atoms with van der Waals surface area (Å²) in [4.78, 5) is 8.65. The van der Waals surface area contributed by atoms with E-state index in [2.05, 4.69) is 39.2 Å². The molecule has 0 unspecified atom stereocenters. The Labute approximate surface area is 149 Å². The average Bonchev–Trinajstić information content (AvgIpc) is 3.09. The van der Waals surface area contributed by atoms with Crippen LogP contribution < -0.4 is 0 Å².